The topological polar surface area (TPSA) is 63.6 Å². The van der Waals surface area contributed by atoms with Gasteiger partial charge in [0, 0.05) is 12.3 Å². The quantitative estimate of drug-likeness (QED) is 0.320. The van der Waals surface area contributed by atoms with Crippen LogP contribution in [-0.2, 0) is 14.3 Å². The van der Waals surface area contributed by atoms with Gasteiger partial charge in [0.15, 0.2) is 0 Å². The van der Waals surface area contributed by atoms with E-state index in [2.05, 4.69) is 48.1 Å². The zero-order valence-corrected chi connectivity index (χ0v) is 23.9. The van der Waals surface area contributed by atoms with Gasteiger partial charge in [0.1, 0.15) is 6.10 Å². The van der Waals surface area contributed by atoms with E-state index in [4.69, 9.17) is 4.74 Å². The summed E-state index contributed by atoms with van der Waals surface area (Å²) in [5, 5.41) is 10.5. The predicted octanol–water partition coefficient (Wildman–Crippen LogP) is 7.66. The number of aliphatic carboxylic acids is 1. The molecule has 0 aliphatic heterocycles. The van der Waals surface area contributed by atoms with Crippen molar-refractivity contribution in [2.24, 2.45) is 56.7 Å². The Bertz CT molecular complexity index is 967. The number of carboxylic acids is 1. The summed E-state index contributed by atoms with van der Waals surface area (Å²) in [5.41, 5.74) is 1.20. The number of hydrogen-bond donors (Lipinski definition) is 1. The average Bonchev–Trinajstić information content (AvgIpc) is 3.17. The highest BCUT2D eigenvalue weighted by molar-refractivity contribution is 5.76. The Morgan fingerprint density at radius 1 is 0.806 bits per heavy atom. The van der Waals surface area contributed by atoms with E-state index in [0.717, 1.165) is 44.9 Å². The molecule has 0 bridgehead atoms. The molecule has 4 heteroatoms. The van der Waals surface area contributed by atoms with Gasteiger partial charge >= 0.3 is 11.9 Å². The fourth-order valence-electron chi connectivity index (χ4n) is 11.9. The number of allylic oxidation sites excluding steroid dienone is 1. The third-order valence-corrected chi connectivity index (χ3v) is 13.7. The Kier molecular flexibility index (Phi) is 5.91. The Balaban J connectivity index is 1.52. The molecule has 0 aromatic carbocycles. The van der Waals surface area contributed by atoms with Crippen molar-refractivity contribution in [3.8, 4) is 0 Å². The van der Waals surface area contributed by atoms with Gasteiger partial charge in [0.2, 0.25) is 0 Å². The van der Waals surface area contributed by atoms with Crippen molar-refractivity contribution in [3.63, 3.8) is 0 Å². The van der Waals surface area contributed by atoms with Crippen molar-refractivity contribution in [2.45, 2.75) is 119 Å². The number of ether oxygens (including phenoxy) is 1. The summed E-state index contributed by atoms with van der Waals surface area (Å²) >= 11 is 0. The van der Waals surface area contributed by atoms with Gasteiger partial charge in [-0.1, -0.05) is 46.8 Å². The molecule has 36 heavy (non-hydrogen) atoms. The molecule has 0 aromatic rings. The van der Waals surface area contributed by atoms with Crippen LogP contribution in [0.25, 0.3) is 0 Å². The summed E-state index contributed by atoms with van der Waals surface area (Å²) in [6.07, 6.45) is 10.5. The van der Waals surface area contributed by atoms with Gasteiger partial charge in [-0.25, -0.2) is 0 Å². The molecule has 0 unspecified atom stereocenters. The molecular formula is C32H50O4. The molecule has 5 saturated carbocycles. The van der Waals surface area contributed by atoms with E-state index in [9.17, 15) is 14.7 Å². The highest BCUT2D eigenvalue weighted by atomic mass is 16.5. The number of carboxylic acid groups (broad SMARTS) is 1. The van der Waals surface area contributed by atoms with E-state index in [1.54, 1.807) is 6.92 Å². The first-order chi connectivity index (χ1) is 16.6. The zero-order chi connectivity index (χ0) is 26.5. The van der Waals surface area contributed by atoms with E-state index < -0.39 is 11.4 Å². The minimum atomic E-state index is -0.553. The second-order valence-corrected chi connectivity index (χ2v) is 15.1. The lowest BCUT2D eigenvalue weighted by Crippen LogP contribution is -2.67. The summed E-state index contributed by atoms with van der Waals surface area (Å²) in [6, 6.07) is 0. The van der Waals surface area contributed by atoms with Crippen molar-refractivity contribution in [3.05, 3.63) is 12.2 Å². The highest BCUT2D eigenvalue weighted by Gasteiger charge is 2.72. The maximum absolute atomic E-state index is 12.8. The standard InChI is InChI=1S/C32H50O4/c1-19(2)21-11-16-32(27(34)35)18-17-30(7)22(26(21)32)9-10-24-29(6)14-13-25(36-20(3)33)28(4,5)23(29)12-15-31(24,30)8/h21-26H,1,9-18H2,2-8H3,(H,34,35)/t21-,22-,23+,24+,25-,26+,29-,30+,31+,32-/m0/s1. The van der Waals surface area contributed by atoms with Crippen LogP contribution in [0.15, 0.2) is 12.2 Å². The molecule has 10 atom stereocenters. The fourth-order valence-corrected chi connectivity index (χ4v) is 11.9. The van der Waals surface area contributed by atoms with Gasteiger partial charge in [-0.05, 0) is 117 Å². The number of carbonyl (C=O) groups is 2. The molecule has 0 amide bonds. The first kappa shape index (κ1) is 26.3. The number of carbonyl (C=O) groups excluding carboxylic acids is 1. The Hall–Kier alpha value is -1.32. The smallest absolute Gasteiger partial charge is 0.309 e. The van der Waals surface area contributed by atoms with Crippen LogP contribution in [0.3, 0.4) is 0 Å². The number of rotatable bonds is 3. The summed E-state index contributed by atoms with van der Waals surface area (Å²) in [7, 11) is 0. The van der Waals surface area contributed by atoms with Crippen LogP contribution < -0.4 is 0 Å². The van der Waals surface area contributed by atoms with Gasteiger partial charge in [0.25, 0.3) is 0 Å². The molecule has 202 valence electrons. The molecule has 0 spiro atoms. The maximum atomic E-state index is 12.8. The maximum Gasteiger partial charge on any atom is 0.309 e. The van der Waals surface area contributed by atoms with Crippen LogP contribution in [0, 0.1) is 56.7 Å². The van der Waals surface area contributed by atoms with Gasteiger partial charge in [0.05, 0.1) is 5.41 Å². The molecule has 5 fully saturated rings. The van der Waals surface area contributed by atoms with Crippen LogP contribution >= 0.6 is 0 Å². The largest absolute Gasteiger partial charge is 0.481 e. The van der Waals surface area contributed by atoms with Gasteiger partial charge in [-0.3, -0.25) is 9.59 Å². The number of fused-ring (bicyclic) bond motifs is 7. The second kappa shape index (κ2) is 8.09. The summed E-state index contributed by atoms with van der Waals surface area (Å²) < 4.78 is 5.88. The molecule has 4 nitrogen and oxygen atoms in total. The number of hydrogen-bond acceptors (Lipinski definition) is 3. The van der Waals surface area contributed by atoms with Crippen LogP contribution in [0.5, 0.6) is 0 Å². The fraction of sp³-hybridized carbons (Fsp3) is 0.875. The van der Waals surface area contributed by atoms with Crippen molar-refractivity contribution >= 4 is 11.9 Å². The molecule has 5 aliphatic carbocycles. The Morgan fingerprint density at radius 2 is 1.50 bits per heavy atom. The molecule has 0 radical (unpaired) electrons. The SMILES string of the molecule is C=C(C)[C@@H]1CC[C@]2(C(=O)O)CC[C@]3(C)[C@@H](CC[C@@H]4[C@@]5(C)CC[C@H](OC(C)=O)C(C)(C)[C@H]5CC[C@]43C)[C@@H]12. The van der Waals surface area contributed by atoms with E-state index in [1.165, 1.54) is 24.8 Å². The van der Waals surface area contributed by atoms with E-state index in [-0.39, 0.29) is 39.7 Å². The lowest BCUT2D eigenvalue weighted by Gasteiger charge is -2.72. The zero-order valence-electron chi connectivity index (χ0n) is 23.9. The van der Waals surface area contributed by atoms with Crippen LogP contribution in [-0.4, -0.2) is 23.1 Å². The number of esters is 1. The normalized spacial score (nSPS) is 51.2. The summed E-state index contributed by atoms with van der Waals surface area (Å²) in [5.74, 6) is 1.49. The molecule has 0 aromatic heterocycles. The van der Waals surface area contributed by atoms with Gasteiger partial charge in [-0.2, -0.15) is 0 Å². The molecule has 5 aliphatic rings. The molecule has 1 N–H and O–H groups in total. The third kappa shape index (κ3) is 3.17. The molecular weight excluding hydrogens is 448 g/mol. The minimum Gasteiger partial charge on any atom is -0.481 e. The average molecular weight is 499 g/mol. The van der Waals surface area contributed by atoms with Crippen LogP contribution in [0.4, 0.5) is 0 Å². The lowest BCUT2D eigenvalue weighted by molar-refractivity contribution is -0.250. The van der Waals surface area contributed by atoms with Gasteiger partial charge in [-0.15, -0.1) is 0 Å². The first-order valence-electron chi connectivity index (χ1n) is 14.7. The van der Waals surface area contributed by atoms with Crippen molar-refractivity contribution in [1.82, 2.24) is 0 Å². The first-order valence-corrected chi connectivity index (χ1v) is 14.7. The highest BCUT2D eigenvalue weighted by Crippen LogP contribution is 2.77. The lowest BCUT2D eigenvalue weighted by atomic mass is 9.32. The van der Waals surface area contributed by atoms with Crippen LogP contribution in [0.2, 0.25) is 0 Å². The third-order valence-electron chi connectivity index (χ3n) is 13.7. The van der Waals surface area contributed by atoms with Crippen molar-refractivity contribution in [1.29, 1.82) is 0 Å². The minimum absolute atomic E-state index is 0.00466. The predicted molar refractivity (Wildman–Crippen MR) is 142 cm³/mol. The monoisotopic (exact) mass is 498 g/mol. The second-order valence-electron chi connectivity index (χ2n) is 15.1. The van der Waals surface area contributed by atoms with Crippen molar-refractivity contribution in [2.75, 3.05) is 0 Å². The van der Waals surface area contributed by atoms with E-state index in [1.807, 2.05) is 0 Å². The van der Waals surface area contributed by atoms with E-state index in [0.29, 0.717) is 23.7 Å². The van der Waals surface area contributed by atoms with Crippen LogP contribution in [0.1, 0.15) is 113 Å². The Morgan fingerprint density at radius 3 is 2.11 bits per heavy atom. The molecule has 0 saturated heterocycles. The van der Waals surface area contributed by atoms with Gasteiger partial charge < -0.3 is 9.84 Å². The van der Waals surface area contributed by atoms with E-state index >= 15 is 0 Å². The summed E-state index contributed by atoms with van der Waals surface area (Å²) in [4.78, 5) is 24.7. The van der Waals surface area contributed by atoms with Crippen molar-refractivity contribution < 1.29 is 19.4 Å². The molecule has 0 heterocycles. The Labute approximate surface area is 219 Å². The molecule has 5 rings (SSSR count). The summed E-state index contributed by atoms with van der Waals surface area (Å²) in [6.45, 7) is 20.4.